The van der Waals surface area contributed by atoms with E-state index in [9.17, 15) is 9.90 Å². The molecule has 3 N–H and O–H groups in total. The lowest BCUT2D eigenvalue weighted by atomic mass is 10.1. The second-order valence-electron chi connectivity index (χ2n) is 4.70. The van der Waals surface area contributed by atoms with E-state index in [1.807, 2.05) is 38.1 Å². The molecule has 112 valence electrons. The average Bonchev–Trinajstić information content (AvgIpc) is 2.81. The zero-order chi connectivity index (χ0) is 15.2. The second-order valence-corrected chi connectivity index (χ2v) is 5.99. The fraction of sp³-hybridized carbons (Fsp3) is 0.333. The monoisotopic (exact) mass is 305 g/mol. The van der Waals surface area contributed by atoms with Gasteiger partial charge in [0, 0.05) is 11.4 Å². The molecule has 0 aliphatic carbocycles. The van der Waals surface area contributed by atoms with Crippen LogP contribution < -0.4 is 10.6 Å². The number of hydrogen-bond donors (Lipinski definition) is 3. The molecular weight excluding hydrogens is 286 g/mol. The summed E-state index contributed by atoms with van der Waals surface area (Å²) in [5, 5.41) is 15.8. The van der Waals surface area contributed by atoms with Crippen LogP contribution >= 0.6 is 11.3 Å². The summed E-state index contributed by atoms with van der Waals surface area (Å²) >= 11 is 1.59. The molecule has 1 aromatic carbocycles. The van der Waals surface area contributed by atoms with Crippen molar-refractivity contribution in [2.24, 2.45) is 0 Å². The number of urea groups is 1. The number of carbonyl (C=O) groups is 1. The SMILES string of the molecule is Cc1nc(C)c(CNC(=O)NCc2ccccc2CO)s1. The van der Waals surface area contributed by atoms with E-state index in [0.717, 1.165) is 26.7 Å². The first-order chi connectivity index (χ1) is 10.1. The zero-order valence-electron chi connectivity index (χ0n) is 12.1. The lowest BCUT2D eigenvalue weighted by molar-refractivity contribution is 0.240. The molecule has 0 atom stereocenters. The van der Waals surface area contributed by atoms with Crippen LogP contribution in [0.3, 0.4) is 0 Å². The lowest BCUT2D eigenvalue weighted by Crippen LogP contribution is -2.34. The van der Waals surface area contributed by atoms with Crippen molar-refractivity contribution >= 4 is 17.4 Å². The van der Waals surface area contributed by atoms with Crippen molar-refractivity contribution in [1.82, 2.24) is 15.6 Å². The van der Waals surface area contributed by atoms with Crippen molar-refractivity contribution in [1.29, 1.82) is 0 Å². The van der Waals surface area contributed by atoms with E-state index >= 15 is 0 Å². The molecule has 21 heavy (non-hydrogen) atoms. The van der Waals surface area contributed by atoms with Crippen molar-refractivity contribution < 1.29 is 9.90 Å². The number of thiazole rings is 1. The molecule has 0 bridgehead atoms. The first kappa shape index (κ1) is 15.5. The Morgan fingerprint density at radius 1 is 1.19 bits per heavy atom. The number of carbonyl (C=O) groups excluding carboxylic acids is 1. The molecule has 0 unspecified atom stereocenters. The molecule has 0 radical (unpaired) electrons. The number of aliphatic hydroxyl groups excluding tert-OH is 1. The first-order valence-corrected chi connectivity index (χ1v) is 7.54. The van der Waals surface area contributed by atoms with Gasteiger partial charge in [0.2, 0.25) is 0 Å². The van der Waals surface area contributed by atoms with Crippen LogP contribution in [0.25, 0.3) is 0 Å². The van der Waals surface area contributed by atoms with Crippen molar-refractivity contribution in [2.75, 3.05) is 0 Å². The maximum Gasteiger partial charge on any atom is 0.315 e. The zero-order valence-corrected chi connectivity index (χ0v) is 13.0. The quantitative estimate of drug-likeness (QED) is 0.793. The van der Waals surface area contributed by atoms with E-state index in [4.69, 9.17) is 0 Å². The minimum absolute atomic E-state index is 0.0290. The van der Waals surface area contributed by atoms with Gasteiger partial charge >= 0.3 is 6.03 Å². The van der Waals surface area contributed by atoms with Gasteiger partial charge in [-0.05, 0) is 25.0 Å². The second kappa shape index (κ2) is 7.19. The molecule has 0 spiro atoms. The molecule has 0 aliphatic rings. The van der Waals surface area contributed by atoms with Gasteiger partial charge in [0.05, 0.1) is 23.9 Å². The summed E-state index contributed by atoms with van der Waals surface area (Å²) in [5.41, 5.74) is 2.70. The van der Waals surface area contributed by atoms with E-state index in [0.29, 0.717) is 13.1 Å². The summed E-state index contributed by atoms with van der Waals surface area (Å²) in [6.07, 6.45) is 0. The van der Waals surface area contributed by atoms with Gasteiger partial charge in [-0.1, -0.05) is 24.3 Å². The summed E-state index contributed by atoms with van der Waals surface area (Å²) in [7, 11) is 0. The Morgan fingerprint density at radius 2 is 1.86 bits per heavy atom. The predicted molar refractivity (Wildman–Crippen MR) is 83.0 cm³/mol. The number of nitrogens with one attached hydrogen (secondary N) is 2. The van der Waals surface area contributed by atoms with Gasteiger partial charge in [0.15, 0.2) is 0 Å². The first-order valence-electron chi connectivity index (χ1n) is 6.72. The Balaban J connectivity index is 1.84. The van der Waals surface area contributed by atoms with Gasteiger partial charge < -0.3 is 15.7 Å². The third-order valence-corrected chi connectivity index (χ3v) is 4.21. The maximum absolute atomic E-state index is 11.8. The average molecular weight is 305 g/mol. The van der Waals surface area contributed by atoms with Crippen LogP contribution in [-0.2, 0) is 19.7 Å². The Morgan fingerprint density at radius 3 is 2.48 bits per heavy atom. The van der Waals surface area contributed by atoms with Crippen molar-refractivity contribution in [3.05, 3.63) is 51.0 Å². The largest absolute Gasteiger partial charge is 0.392 e. The molecule has 2 aromatic rings. The highest BCUT2D eigenvalue weighted by Crippen LogP contribution is 2.16. The lowest BCUT2D eigenvalue weighted by Gasteiger charge is -2.10. The van der Waals surface area contributed by atoms with Crippen LogP contribution in [0, 0.1) is 13.8 Å². The number of rotatable bonds is 5. The Kier molecular flexibility index (Phi) is 5.30. The van der Waals surface area contributed by atoms with Gasteiger partial charge in [0.25, 0.3) is 0 Å². The third kappa shape index (κ3) is 4.27. The summed E-state index contributed by atoms with van der Waals surface area (Å²) in [6, 6.07) is 7.26. The van der Waals surface area contributed by atoms with Gasteiger partial charge in [-0.25, -0.2) is 9.78 Å². The minimum Gasteiger partial charge on any atom is -0.392 e. The standard InChI is InChI=1S/C15H19N3O2S/c1-10-14(21-11(2)18-10)8-17-15(20)16-7-12-5-3-4-6-13(12)9-19/h3-6,19H,7-9H2,1-2H3,(H2,16,17,20). The topological polar surface area (TPSA) is 74.2 Å². The van der Waals surface area contributed by atoms with Crippen molar-refractivity contribution in [2.45, 2.75) is 33.5 Å². The van der Waals surface area contributed by atoms with E-state index in [2.05, 4.69) is 15.6 Å². The minimum atomic E-state index is -0.229. The molecule has 5 nitrogen and oxygen atoms in total. The molecule has 1 heterocycles. The third-order valence-electron chi connectivity index (χ3n) is 3.14. The summed E-state index contributed by atoms with van der Waals surface area (Å²) < 4.78 is 0. The van der Waals surface area contributed by atoms with Crippen molar-refractivity contribution in [3.8, 4) is 0 Å². The summed E-state index contributed by atoms with van der Waals surface area (Å²) in [4.78, 5) is 17.2. The maximum atomic E-state index is 11.8. The number of amides is 2. The Labute approximate surface area is 128 Å². The van der Waals surface area contributed by atoms with Gasteiger partial charge in [-0.2, -0.15) is 0 Å². The van der Waals surface area contributed by atoms with Crippen LogP contribution in [0.5, 0.6) is 0 Å². The molecule has 1 aromatic heterocycles. The highest BCUT2D eigenvalue weighted by molar-refractivity contribution is 7.11. The fourth-order valence-corrected chi connectivity index (χ4v) is 2.90. The number of hydrogen-bond acceptors (Lipinski definition) is 4. The normalized spacial score (nSPS) is 10.4. The number of aliphatic hydroxyl groups is 1. The number of aromatic nitrogens is 1. The molecule has 6 heteroatoms. The Hall–Kier alpha value is -1.92. The molecule has 0 saturated heterocycles. The fourth-order valence-electron chi connectivity index (χ4n) is 2.02. The van der Waals surface area contributed by atoms with Gasteiger partial charge in [-0.3, -0.25) is 0 Å². The molecule has 0 saturated carbocycles. The number of nitrogens with zero attached hydrogens (tertiary/aromatic N) is 1. The number of aryl methyl sites for hydroxylation is 2. The summed E-state index contributed by atoms with van der Waals surface area (Å²) in [5.74, 6) is 0. The smallest absolute Gasteiger partial charge is 0.315 e. The molecular formula is C15H19N3O2S. The van der Waals surface area contributed by atoms with Crippen LogP contribution in [0.15, 0.2) is 24.3 Å². The van der Waals surface area contributed by atoms with Gasteiger partial charge in [0.1, 0.15) is 0 Å². The molecule has 0 fully saturated rings. The van der Waals surface area contributed by atoms with Crippen LogP contribution in [0.1, 0.15) is 26.7 Å². The highest BCUT2D eigenvalue weighted by Gasteiger charge is 2.07. The van der Waals surface area contributed by atoms with Crippen molar-refractivity contribution in [3.63, 3.8) is 0 Å². The summed E-state index contributed by atoms with van der Waals surface area (Å²) in [6.45, 7) is 4.73. The van der Waals surface area contributed by atoms with Gasteiger partial charge in [-0.15, -0.1) is 11.3 Å². The molecule has 0 aliphatic heterocycles. The van der Waals surface area contributed by atoms with Crippen LogP contribution in [0.4, 0.5) is 4.79 Å². The Bertz CT molecular complexity index is 625. The molecule has 2 amide bonds. The highest BCUT2D eigenvalue weighted by atomic mass is 32.1. The predicted octanol–water partition coefficient (Wildman–Crippen LogP) is 2.25. The number of benzene rings is 1. The van der Waals surface area contributed by atoms with E-state index in [1.54, 1.807) is 11.3 Å². The van der Waals surface area contributed by atoms with Crippen LogP contribution in [0.2, 0.25) is 0 Å². The van der Waals surface area contributed by atoms with E-state index < -0.39 is 0 Å². The van der Waals surface area contributed by atoms with E-state index in [1.165, 1.54) is 0 Å². The van der Waals surface area contributed by atoms with Crippen LogP contribution in [-0.4, -0.2) is 16.1 Å². The van der Waals surface area contributed by atoms with E-state index in [-0.39, 0.29) is 12.6 Å². The molecule has 2 rings (SSSR count).